The third-order valence-electron chi connectivity index (χ3n) is 1.07. The largest absolute Gasteiger partial charge is 0.260 e. The summed E-state index contributed by atoms with van der Waals surface area (Å²) in [5.41, 5.74) is 0.799. The molecule has 0 radical (unpaired) electrons. The van der Waals surface area contributed by atoms with Crippen LogP contribution in [0.5, 0.6) is 0 Å². The summed E-state index contributed by atoms with van der Waals surface area (Å²) >= 11 is 1.63. The molecular weight excluding hydrogens is 149 g/mol. The summed E-state index contributed by atoms with van der Waals surface area (Å²) < 4.78 is 12.4. The molecule has 1 rings (SSSR count). The lowest BCUT2D eigenvalue weighted by Crippen LogP contribution is -1.86. The zero-order valence-electron chi connectivity index (χ0n) is 5.67. The van der Waals surface area contributed by atoms with Crippen LogP contribution in [0.1, 0.15) is 5.69 Å². The number of hydrogen-bond acceptors (Lipinski definition) is 2. The Bertz CT molecular complexity index is 215. The Morgan fingerprint density at radius 3 is 3.10 bits per heavy atom. The van der Waals surface area contributed by atoms with Crippen molar-refractivity contribution in [2.45, 2.75) is 5.75 Å². The van der Waals surface area contributed by atoms with Crippen molar-refractivity contribution in [3.8, 4) is 0 Å². The summed E-state index contributed by atoms with van der Waals surface area (Å²) in [5, 5.41) is 0. The van der Waals surface area contributed by atoms with Crippen LogP contribution in [0, 0.1) is 5.82 Å². The van der Waals surface area contributed by atoms with Gasteiger partial charge < -0.3 is 0 Å². The number of hydrogen-bond donors (Lipinski definition) is 0. The zero-order valence-corrected chi connectivity index (χ0v) is 6.49. The van der Waals surface area contributed by atoms with Gasteiger partial charge >= 0.3 is 0 Å². The smallest absolute Gasteiger partial charge is 0.126 e. The summed E-state index contributed by atoms with van der Waals surface area (Å²) in [6.07, 6.45) is 3.45. The predicted molar refractivity (Wildman–Crippen MR) is 41.4 cm³/mol. The van der Waals surface area contributed by atoms with E-state index in [1.165, 1.54) is 18.3 Å². The molecule has 0 saturated carbocycles. The normalized spacial score (nSPS) is 9.80. The van der Waals surface area contributed by atoms with Crippen LogP contribution in [0.2, 0.25) is 0 Å². The van der Waals surface area contributed by atoms with E-state index in [0.29, 0.717) is 0 Å². The molecule has 0 fully saturated rings. The van der Waals surface area contributed by atoms with Gasteiger partial charge in [0.25, 0.3) is 0 Å². The molecule has 1 heterocycles. The molecule has 0 saturated heterocycles. The van der Waals surface area contributed by atoms with Gasteiger partial charge in [-0.15, -0.1) is 0 Å². The van der Waals surface area contributed by atoms with Crippen LogP contribution in [0.15, 0.2) is 18.3 Å². The lowest BCUT2D eigenvalue weighted by molar-refractivity contribution is 0.623. The first-order valence-electron chi connectivity index (χ1n) is 2.92. The monoisotopic (exact) mass is 157 g/mol. The number of nitrogens with zero attached hydrogens (tertiary/aromatic N) is 1. The molecule has 0 bridgehead atoms. The van der Waals surface area contributed by atoms with Crippen molar-refractivity contribution in [1.82, 2.24) is 4.98 Å². The predicted octanol–water partition coefficient (Wildman–Crippen LogP) is 2.08. The summed E-state index contributed by atoms with van der Waals surface area (Å²) in [4.78, 5) is 3.97. The topological polar surface area (TPSA) is 12.9 Å². The van der Waals surface area contributed by atoms with E-state index in [-0.39, 0.29) is 5.82 Å². The van der Waals surface area contributed by atoms with Crippen molar-refractivity contribution in [3.05, 3.63) is 29.8 Å². The number of thioether (sulfide) groups is 1. The lowest BCUT2D eigenvalue weighted by atomic mass is 10.4. The molecule has 1 nitrogen and oxygen atoms in total. The van der Waals surface area contributed by atoms with E-state index in [4.69, 9.17) is 0 Å². The second-order valence-electron chi connectivity index (χ2n) is 1.90. The maximum absolute atomic E-state index is 12.4. The Morgan fingerprint density at radius 2 is 2.50 bits per heavy atom. The summed E-state index contributed by atoms with van der Waals surface area (Å²) in [7, 11) is 0. The number of pyridine rings is 1. The van der Waals surface area contributed by atoms with Crippen LogP contribution in [-0.2, 0) is 5.75 Å². The minimum Gasteiger partial charge on any atom is -0.260 e. The first-order chi connectivity index (χ1) is 4.83. The quantitative estimate of drug-likeness (QED) is 0.652. The van der Waals surface area contributed by atoms with Crippen molar-refractivity contribution in [2.24, 2.45) is 0 Å². The van der Waals surface area contributed by atoms with Gasteiger partial charge in [-0.2, -0.15) is 11.8 Å². The van der Waals surface area contributed by atoms with Crippen LogP contribution in [0.25, 0.3) is 0 Å². The number of rotatable bonds is 2. The zero-order chi connectivity index (χ0) is 7.40. The van der Waals surface area contributed by atoms with E-state index in [0.717, 1.165) is 11.4 Å². The highest BCUT2D eigenvalue weighted by Crippen LogP contribution is 2.06. The minimum absolute atomic E-state index is 0.209. The second-order valence-corrected chi connectivity index (χ2v) is 2.76. The van der Waals surface area contributed by atoms with Crippen LogP contribution >= 0.6 is 11.8 Å². The van der Waals surface area contributed by atoms with Crippen LogP contribution < -0.4 is 0 Å². The maximum atomic E-state index is 12.4. The lowest BCUT2D eigenvalue weighted by Gasteiger charge is -1.94. The fraction of sp³-hybridized carbons (Fsp3) is 0.286. The van der Waals surface area contributed by atoms with Gasteiger partial charge in [0.1, 0.15) is 5.82 Å². The summed E-state index contributed by atoms with van der Waals surface area (Å²) in [6.45, 7) is 0. The van der Waals surface area contributed by atoms with Gasteiger partial charge in [-0.3, -0.25) is 4.98 Å². The highest BCUT2D eigenvalue weighted by Gasteiger charge is 1.93. The van der Waals surface area contributed by atoms with Crippen molar-refractivity contribution in [2.75, 3.05) is 6.26 Å². The molecule has 0 aromatic carbocycles. The molecule has 54 valence electrons. The van der Waals surface area contributed by atoms with Crippen LogP contribution in [0.4, 0.5) is 4.39 Å². The standard InChI is InChI=1S/C7H8FNS/c1-10-5-7-4-6(8)2-3-9-7/h2-4H,5H2,1H3. The van der Waals surface area contributed by atoms with E-state index >= 15 is 0 Å². The molecule has 1 aromatic heterocycles. The van der Waals surface area contributed by atoms with Gasteiger partial charge in [0.2, 0.25) is 0 Å². The molecule has 1 aromatic rings. The summed E-state index contributed by atoms with van der Waals surface area (Å²) in [6, 6.07) is 2.81. The van der Waals surface area contributed by atoms with Crippen molar-refractivity contribution in [3.63, 3.8) is 0 Å². The fourth-order valence-corrected chi connectivity index (χ4v) is 1.13. The Balaban J connectivity index is 2.75. The highest BCUT2D eigenvalue weighted by molar-refractivity contribution is 7.97. The third-order valence-corrected chi connectivity index (χ3v) is 1.66. The average Bonchev–Trinajstić information content (AvgIpc) is 1.88. The van der Waals surface area contributed by atoms with E-state index in [1.54, 1.807) is 11.8 Å². The number of halogens is 1. The van der Waals surface area contributed by atoms with Crippen molar-refractivity contribution in [1.29, 1.82) is 0 Å². The van der Waals surface area contributed by atoms with Gasteiger partial charge in [-0.25, -0.2) is 4.39 Å². The molecule has 0 unspecified atom stereocenters. The molecule has 0 N–H and O–H groups in total. The Kier molecular flexibility index (Phi) is 2.68. The Labute approximate surface area is 63.7 Å². The molecular formula is C7H8FNS. The molecule has 0 aliphatic rings. The first kappa shape index (κ1) is 7.54. The van der Waals surface area contributed by atoms with E-state index in [2.05, 4.69) is 4.98 Å². The van der Waals surface area contributed by atoms with Gasteiger partial charge in [-0.1, -0.05) is 0 Å². The molecule has 0 spiro atoms. The minimum atomic E-state index is -0.209. The van der Waals surface area contributed by atoms with E-state index in [9.17, 15) is 4.39 Å². The van der Waals surface area contributed by atoms with Crippen LogP contribution in [0.3, 0.4) is 0 Å². The third kappa shape index (κ3) is 1.99. The maximum Gasteiger partial charge on any atom is 0.126 e. The molecule has 10 heavy (non-hydrogen) atoms. The molecule has 3 heteroatoms. The summed E-state index contributed by atoms with van der Waals surface area (Å²) in [5.74, 6) is 0.566. The van der Waals surface area contributed by atoms with Gasteiger partial charge in [-0.05, 0) is 18.4 Å². The molecule has 0 amide bonds. The fourth-order valence-electron chi connectivity index (χ4n) is 0.676. The SMILES string of the molecule is CSCc1cc(F)ccn1. The second kappa shape index (κ2) is 3.56. The Hall–Kier alpha value is -0.570. The molecule has 0 aliphatic carbocycles. The van der Waals surface area contributed by atoms with Gasteiger partial charge in [0, 0.05) is 11.9 Å². The van der Waals surface area contributed by atoms with Crippen molar-refractivity contribution >= 4 is 11.8 Å². The van der Waals surface area contributed by atoms with Gasteiger partial charge in [0.15, 0.2) is 0 Å². The van der Waals surface area contributed by atoms with Crippen LogP contribution in [-0.4, -0.2) is 11.2 Å². The van der Waals surface area contributed by atoms with E-state index < -0.39 is 0 Å². The number of aromatic nitrogens is 1. The Morgan fingerprint density at radius 1 is 1.70 bits per heavy atom. The first-order valence-corrected chi connectivity index (χ1v) is 4.31. The molecule has 0 aliphatic heterocycles. The average molecular weight is 157 g/mol. The van der Waals surface area contributed by atoms with Gasteiger partial charge in [0.05, 0.1) is 5.69 Å². The highest BCUT2D eigenvalue weighted by atomic mass is 32.2. The molecule has 0 atom stereocenters. The van der Waals surface area contributed by atoms with Crippen molar-refractivity contribution < 1.29 is 4.39 Å². The van der Waals surface area contributed by atoms with E-state index in [1.807, 2.05) is 6.26 Å².